The Morgan fingerprint density at radius 1 is 1.43 bits per heavy atom. The van der Waals surface area contributed by atoms with Crippen molar-refractivity contribution in [1.29, 1.82) is 0 Å². The van der Waals surface area contributed by atoms with Crippen molar-refractivity contribution < 1.29 is 9.90 Å². The van der Waals surface area contributed by atoms with Gasteiger partial charge in [0.2, 0.25) is 0 Å². The first kappa shape index (κ1) is 10.9. The van der Waals surface area contributed by atoms with E-state index in [0.29, 0.717) is 5.69 Å². The maximum Gasteiger partial charge on any atom is 0.335 e. The van der Waals surface area contributed by atoms with Crippen molar-refractivity contribution in [3.8, 4) is 0 Å². The minimum Gasteiger partial charge on any atom is -0.478 e. The van der Waals surface area contributed by atoms with Crippen molar-refractivity contribution in [3.63, 3.8) is 0 Å². The summed E-state index contributed by atoms with van der Waals surface area (Å²) in [5, 5.41) is 11.4. The molecule has 0 radical (unpaired) electrons. The number of rotatable bonds is 3. The van der Waals surface area contributed by atoms with Crippen LogP contribution >= 0.6 is 23.2 Å². The second kappa shape index (κ2) is 4.88. The Morgan fingerprint density at radius 2 is 2.14 bits per heavy atom. The van der Waals surface area contributed by atoms with E-state index >= 15 is 0 Å². The molecule has 0 spiro atoms. The molecule has 0 heterocycles. The van der Waals surface area contributed by atoms with E-state index in [4.69, 9.17) is 28.3 Å². The van der Waals surface area contributed by atoms with Crippen molar-refractivity contribution in [1.82, 2.24) is 0 Å². The van der Waals surface area contributed by atoms with E-state index in [1.54, 1.807) is 12.1 Å². The molecule has 1 rings (SSSR count). The van der Waals surface area contributed by atoms with Gasteiger partial charge in [-0.05, 0) is 18.2 Å². The molecule has 0 unspecified atom stereocenters. The van der Waals surface area contributed by atoms with Gasteiger partial charge in [0, 0.05) is 11.9 Å². The van der Waals surface area contributed by atoms with Crippen molar-refractivity contribution in [2.45, 2.75) is 0 Å². The Kier molecular flexibility index (Phi) is 3.80. The molecule has 0 amide bonds. The van der Waals surface area contributed by atoms with Crippen LogP contribution in [0.5, 0.6) is 0 Å². The molecule has 3 nitrogen and oxygen atoms in total. The molecule has 0 aromatic heterocycles. The lowest BCUT2D eigenvalue weighted by molar-refractivity contribution is 0.0697. The number of carbonyl (C=O) groups is 1. The van der Waals surface area contributed by atoms with E-state index in [0.717, 1.165) is 0 Å². The lowest BCUT2D eigenvalue weighted by Gasteiger charge is -2.01. The summed E-state index contributed by atoms with van der Waals surface area (Å²) in [5.74, 6) is -0.977. The van der Waals surface area contributed by atoms with Crippen LogP contribution in [-0.4, -0.2) is 11.1 Å². The van der Waals surface area contributed by atoms with Gasteiger partial charge in [-0.25, -0.2) is 4.79 Å². The van der Waals surface area contributed by atoms with Crippen LogP contribution in [0.1, 0.15) is 10.4 Å². The first-order valence-electron chi connectivity index (χ1n) is 3.70. The minimum atomic E-state index is -0.977. The van der Waals surface area contributed by atoms with E-state index < -0.39 is 5.97 Å². The quantitative estimate of drug-likeness (QED) is 0.841. The summed E-state index contributed by atoms with van der Waals surface area (Å²) in [7, 11) is 0. The zero-order chi connectivity index (χ0) is 10.6. The topological polar surface area (TPSA) is 49.3 Å². The number of nitrogens with one attached hydrogen (secondary N) is 1. The normalized spacial score (nSPS) is 9.29. The van der Waals surface area contributed by atoms with Gasteiger partial charge in [0.25, 0.3) is 0 Å². The van der Waals surface area contributed by atoms with Crippen LogP contribution in [0.2, 0.25) is 0 Å². The Balaban J connectivity index is 2.84. The number of benzene rings is 1. The molecule has 0 atom stereocenters. The average molecular weight is 232 g/mol. The Bertz CT molecular complexity index is 373. The van der Waals surface area contributed by atoms with Gasteiger partial charge in [-0.15, -0.1) is 0 Å². The predicted octanol–water partition coefficient (Wildman–Crippen LogP) is 3.07. The SMILES string of the molecule is O=C(O)c1cccc(NC=C(Cl)Cl)c1. The lowest BCUT2D eigenvalue weighted by Crippen LogP contribution is -1.97. The third kappa shape index (κ3) is 3.28. The molecule has 2 N–H and O–H groups in total. The third-order valence-corrected chi connectivity index (χ3v) is 1.68. The van der Waals surface area contributed by atoms with Gasteiger partial charge < -0.3 is 10.4 Å². The highest BCUT2D eigenvalue weighted by Gasteiger charge is 2.01. The van der Waals surface area contributed by atoms with E-state index in [2.05, 4.69) is 5.32 Å². The van der Waals surface area contributed by atoms with Gasteiger partial charge in [0.1, 0.15) is 4.49 Å². The van der Waals surface area contributed by atoms with Gasteiger partial charge in [0.05, 0.1) is 5.56 Å². The second-order valence-electron chi connectivity index (χ2n) is 2.46. The molecule has 0 aliphatic heterocycles. The standard InChI is InChI=1S/C9H7Cl2NO2/c10-8(11)5-12-7-3-1-2-6(4-7)9(13)14/h1-5,12H,(H,13,14). The monoisotopic (exact) mass is 231 g/mol. The largest absolute Gasteiger partial charge is 0.478 e. The minimum absolute atomic E-state index is 0.0747. The van der Waals surface area contributed by atoms with Crippen molar-refractivity contribution in [2.24, 2.45) is 0 Å². The maximum atomic E-state index is 10.6. The molecule has 0 saturated heterocycles. The summed E-state index contributed by atoms with van der Waals surface area (Å²) in [6, 6.07) is 6.32. The second-order valence-corrected chi connectivity index (χ2v) is 3.47. The molecule has 1 aromatic carbocycles. The zero-order valence-corrected chi connectivity index (χ0v) is 8.51. The van der Waals surface area contributed by atoms with Gasteiger partial charge in [-0.2, -0.15) is 0 Å². The number of carboxylic acid groups (broad SMARTS) is 1. The van der Waals surface area contributed by atoms with Crippen LogP contribution in [0.15, 0.2) is 35.0 Å². The van der Waals surface area contributed by atoms with Gasteiger partial charge in [0.15, 0.2) is 0 Å². The van der Waals surface area contributed by atoms with Crippen LogP contribution in [0, 0.1) is 0 Å². The fraction of sp³-hybridized carbons (Fsp3) is 0. The predicted molar refractivity (Wildman–Crippen MR) is 56.8 cm³/mol. The highest BCUT2D eigenvalue weighted by Crippen LogP contribution is 2.13. The summed E-state index contributed by atoms with van der Waals surface area (Å²) in [6.45, 7) is 0. The number of anilines is 1. The summed E-state index contributed by atoms with van der Waals surface area (Å²) < 4.78 is 0.0747. The van der Waals surface area contributed by atoms with E-state index in [9.17, 15) is 4.79 Å². The highest BCUT2D eigenvalue weighted by atomic mass is 35.5. The number of aromatic carboxylic acids is 1. The molecular formula is C9H7Cl2NO2. The van der Waals surface area contributed by atoms with Gasteiger partial charge >= 0.3 is 5.97 Å². The fourth-order valence-electron chi connectivity index (χ4n) is 0.880. The van der Waals surface area contributed by atoms with Crippen LogP contribution in [0.25, 0.3) is 0 Å². The molecule has 5 heteroatoms. The first-order chi connectivity index (χ1) is 6.59. The molecule has 0 fully saturated rings. The van der Waals surface area contributed by atoms with E-state index in [-0.39, 0.29) is 10.1 Å². The van der Waals surface area contributed by atoms with Gasteiger partial charge in [-0.1, -0.05) is 29.3 Å². The van der Waals surface area contributed by atoms with Crippen LogP contribution in [-0.2, 0) is 0 Å². The van der Waals surface area contributed by atoms with Crippen molar-refractivity contribution >= 4 is 34.9 Å². The summed E-state index contributed by atoms with van der Waals surface area (Å²) in [6.07, 6.45) is 1.37. The van der Waals surface area contributed by atoms with Crippen LogP contribution in [0.4, 0.5) is 5.69 Å². The fourth-order valence-corrected chi connectivity index (χ4v) is 0.989. The van der Waals surface area contributed by atoms with Crippen LogP contribution in [0.3, 0.4) is 0 Å². The lowest BCUT2D eigenvalue weighted by atomic mass is 10.2. The number of carboxylic acids is 1. The summed E-state index contributed by atoms with van der Waals surface area (Å²) in [5.41, 5.74) is 0.817. The first-order valence-corrected chi connectivity index (χ1v) is 4.46. The Labute approximate surface area is 90.9 Å². The van der Waals surface area contributed by atoms with Crippen molar-refractivity contribution in [2.75, 3.05) is 5.32 Å². The van der Waals surface area contributed by atoms with E-state index in [1.165, 1.54) is 18.3 Å². The van der Waals surface area contributed by atoms with E-state index in [1.807, 2.05) is 0 Å². The highest BCUT2D eigenvalue weighted by molar-refractivity contribution is 6.55. The molecule has 0 aliphatic rings. The number of hydrogen-bond acceptors (Lipinski definition) is 2. The maximum absolute atomic E-state index is 10.6. The molecule has 1 aromatic rings. The smallest absolute Gasteiger partial charge is 0.335 e. The Morgan fingerprint density at radius 3 is 2.71 bits per heavy atom. The number of hydrogen-bond donors (Lipinski definition) is 2. The third-order valence-electron chi connectivity index (χ3n) is 1.46. The van der Waals surface area contributed by atoms with Crippen molar-refractivity contribution in [3.05, 3.63) is 40.5 Å². The summed E-state index contributed by atoms with van der Waals surface area (Å²) >= 11 is 10.8. The molecule has 0 saturated carbocycles. The van der Waals surface area contributed by atoms with Gasteiger partial charge in [-0.3, -0.25) is 0 Å². The Hall–Kier alpha value is -1.19. The molecular weight excluding hydrogens is 225 g/mol. The molecule has 74 valence electrons. The average Bonchev–Trinajstić information content (AvgIpc) is 2.15. The molecule has 0 aliphatic carbocycles. The zero-order valence-electron chi connectivity index (χ0n) is 7.00. The van der Waals surface area contributed by atoms with Crippen LogP contribution < -0.4 is 5.32 Å². The molecule has 0 bridgehead atoms. The number of halogens is 2. The molecule has 14 heavy (non-hydrogen) atoms. The summed E-state index contributed by atoms with van der Waals surface area (Å²) in [4.78, 5) is 10.6.